The first-order chi connectivity index (χ1) is 14.7. The number of methoxy groups -OCH3 is 2. The molecule has 0 spiro atoms. The van der Waals surface area contributed by atoms with Gasteiger partial charge in [-0.05, 0) is 85.7 Å². The van der Waals surface area contributed by atoms with E-state index in [4.69, 9.17) is 9.47 Å². The second kappa shape index (κ2) is 12.7. The highest BCUT2D eigenvalue weighted by Gasteiger charge is 1.97. The van der Waals surface area contributed by atoms with Crippen molar-refractivity contribution in [2.24, 2.45) is 9.98 Å². The van der Waals surface area contributed by atoms with Crippen molar-refractivity contribution in [1.82, 2.24) is 0 Å². The van der Waals surface area contributed by atoms with E-state index < -0.39 is 0 Å². The van der Waals surface area contributed by atoms with E-state index in [2.05, 4.69) is 9.98 Å². The van der Waals surface area contributed by atoms with E-state index in [0.29, 0.717) is 0 Å². The number of nitrogens with zero attached hydrogens (tertiary/aromatic N) is 2. The molecule has 0 saturated carbocycles. The topological polar surface area (TPSA) is 43.2 Å². The van der Waals surface area contributed by atoms with Crippen LogP contribution in [-0.2, 0) is 0 Å². The van der Waals surface area contributed by atoms with E-state index in [1.54, 1.807) is 26.6 Å². The quantitative estimate of drug-likeness (QED) is 0.343. The van der Waals surface area contributed by atoms with Crippen LogP contribution >= 0.6 is 0 Å². The Balaban J connectivity index is 2.22. The summed E-state index contributed by atoms with van der Waals surface area (Å²) < 4.78 is 10.4. The molecule has 30 heavy (non-hydrogen) atoms. The zero-order chi connectivity index (χ0) is 21.6. The first kappa shape index (κ1) is 22.6. The lowest BCUT2D eigenvalue weighted by Gasteiger charge is -2.02. The van der Waals surface area contributed by atoms with Gasteiger partial charge in [0.1, 0.15) is 11.5 Å². The zero-order valence-electron chi connectivity index (χ0n) is 17.9. The van der Waals surface area contributed by atoms with Crippen molar-refractivity contribution in [1.29, 1.82) is 0 Å². The molecule has 0 radical (unpaired) electrons. The highest BCUT2D eigenvalue weighted by molar-refractivity contribution is 5.82. The van der Waals surface area contributed by atoms with Gasteiger partial charge in [-0.15, -0.1) is 0 Å². The molecule has 0 N–H and O–H groups in total. The van der Waals surface area contributed by atoms with Crippen molar-refractivity contribution < 1.29 is 9.47 Å². The Morgan fingerprint density at radius 1 is 0.633 bits per heavy atom. The molecule has 0 unspecified atom stereocenters. The molecule has 0 aromatic heterocycles. The highest BCUT2D eigenvalue weighted by atomic mass is 16.5. The summed E-state index contributed by atoms with van der Waals surface area (Å²) in [6.45, 7) is 3.99. The second-order valence-electron chi connectivity index (χ2n) is 6.20. The summed E-state index contributed by atoms with van der Waals surface area (Å²) in [5.41, 5.74) is 3.80. The third-order valence-electron chi connectivity index (χ3n) is 4.13. The van der Waals surface area contributed by atoms with Crippen LogP contribution in [0.4, 0.5) is 11.4 Å². The first-order valence-corrected chi connectivity index (χ1v) is 9.72. The van der Waals surface area contributed by atoms with Crippen molar-refractivity contribution in [3.05, 3.63) is 96.1 Å². The van der Waals surface area contributed by atoms with Crippen LogP contribution in [0.1, 0.15) is 13.8 Å². The minimum absolute atomic E-state index is 0.813. The van der Waals surface area contributed by atoms with Crippen LogP contribution in [0.15, 0.2) is 106 Å². The van der Waals surface area contributed by atoms with Gasteiger partial charge in [0, 0.05) is 12.4 Å². The number of benzene rings is 2. The zero-order valence-corrected chi connectivity index (χ0v) is 17.9. The van der Waals surface area contributed by atoms with Crippen LogP contribution < -0.4 is 9.47 Å². The molecule has 2 rings (SSSR count). The van der Waals surface area contributed by atoms with Gasteiger partial charge < -0.3 is 9.47 Å². The van der Waals surface area contributed by atoms with Crippen molar-refractivity contribution in [2.75, 3.05) is 14.2 Å². The monoisotopic (exact) mass is 400 g/mol. The van der Waals surface area contributed by atoms with Gasteiger partial charge in [-0.1, -0.05) is 24.3 Å². The van der Waals surface area contributed by atoms with E-state index in [9.17, 15) is 0 Å². The SMILES string of the molecule is C\C=C/C(=C/C=N/c1ccc(OC)cc1)C(/C=C\C)=C/C=N/c1ccc(OC)cc1. The maximum absolute atomic E-state index is 5.18. The predicted molar refractivity (Wildman–Crippen MR) is 128 cm³/mol. The summed E-state index contributed by atoms with van der Waals surface area (Å²) >= 11 is 0. The number of allylic oxidation sites excluding steroid dienone is 8. The van der Waals surface area contributed by atoms with Crippen molar-refractivity contribution >= 4 is 23.8 Å². The summed E-state index contributed by atoms with van der Waals surface area (Å²) in [5, 5.41) is 0. The fourth-order valence-electron chi connectivity index (χ4n) is 2.60. The Morgan fingerprint density at radius 2 is 1.00 bits per heavy atom. The lowest BCUT2D eigenvalue weighted by molar-refractivity contribution is 0.415. The third-order valence-corrected chi connectivity index (χ3v) is 4.13. The third kappa shape index (κ3) is 7.40. The second-order valence-corrected chi connectivity index (χ2v) is 6.20. The predicted octanol–water partition coefficient (Wildman–Crippen LogP) is 6.81. The van der Waals surface area contributed by atoms with Crippen molar-refractivity contribution in [3.63, 3.8) is 0 Å². The maximum Gasteiger partial charge on any atom is 0.119 e. The average Bonchev–Trinajstić information content (AvgIpc) is 2.79. The minimum atomic E-state index is 0.813. The molecule has 2 aromatic carbocycles. The number of hydrogen-bond acceptors (Lipinski definition) is 4. The fraction of sp³-hybridized carbons (Fsp3) is 0.154. The van der Waals surface area contributed by atoms with E-state index in [1.165, 1.54) is 0 Å². The maximum atomic E-state index is 5.18. The molecule has 4 nitrogen and oxygen atoms in total. The number of rotatable bonds is 9. The molecule has 0 aliphatic carbocycles. The van der Waals surface area contributed by atoms with Crippen molar-refractivity contribution in [3.8, 4) is 11.5 Å². The molecule has 0 atom stereocenters. The van der Waals surface area contributed by atoms with Crippen LogP contribution in [0.5, 0.6) is 11.5 Å². The Hall–Kier alpha value is -3.66. The largest absolute Gasteiger partial charge is 0.497 e. The molecule has 0 aliphatic heterocycles. The molecule has 4 heteroatoms. The lowest BCUT2D eigenvalue weighted by atomic mass is 10.0. The van der Waals surface area contributed by atoms with Gasteiger partial charge in [0.15, 0.2) is 0 Å². The van der Waals surface area contributed by atoms with Crippen LogP contribution in [-0.4, -0.2) is 26.6 Å². The van der Waals surface area contributed by atoms with E-state index in [1.807, 2.05) is 98.8 Å². The van der Waals surface area contributed by atoms with Crippen LogP contribution in [0.2, 0.25) is 0 Å². The fourth-order valence-corrected chi connectivity index (χ4v) is 2.60. The standard InChI is InChI=1S/C26H28N2O2/c1-5-7-21(17-19-27-23-9-13-25(29-3)14-10-23)22(8-6-2)18-20-28-24-11-15-26(30-4)16-12-24/h5-20H,1-4H3/b7-5-,8-6-,21-17-,22-18+,27-19+,28-20+. The Labute approximate surface area is 179 Å². The molecular formula is C26H28N2O2. The van der Waals surface area contributed by atoms with Gasteiger partial charge in [0.05, 0.1) is 25.6 Å². The van der Waals surface area contributed by atoms with Gasteiger partial charge in [-0.25, -0.2) is 0 Å². The highest BCUT2D eigenvalue weighted by Crippen LogP contribution is 2.19. The summed E-state index contributed by atoms with van der Waals surface area (Å²) in [6.07, 6.45) is 15.7. The first-order valence-electron chi connectivity index (χ1n) is 9.72. The smallest absolute Gasteiger partial charge is 0.119 e. The Bertz CT molecular complexity index is 880. The molecule has 0 aliphatic rings. The molecule has 0 fully saturated rings. The van der Waals surface area contributed by atoms with Gasteiger partial charge in [0.2, 0.25) is 0 Å². The molecular weight excluding hydrogens is 372 g/mol. The molecule has 2 aromatic rings. The summed E-state index contributed by atoms with van der Waals surface area (Å²) in [7, 11) is 3.30. The normalized spacial score (nSPS) is 13.2. The van der Waals surface area contributed by atoms with Crippen LogP contribution in [0, 0.1) is 0 Å². The summed E-state index contributed by atoms with van der Waals surface area (Å²) in [6, 6.07) is 15.2. The molecule has 154 valence electrons. The van der Waals surface area contributed by atoms with E-state index >= 15 is 0 Å². The van der Waals surface area contributed by atoms with Gasteiger partial charge in [0.25, 0.3) is 0 Å². The van der Waals surface area contributed by atoms with Crippen LogP contribution in [0.25, 0.3) is 0 Å². The van der Waals surface area contributed by atoms with E-state index in [0.717, 1.165) is 34.0 Å². The molecule has 0 bridgehead atoms. The molecule has 0 heterocycles. The number of hydrogen-bond donors (Lipinski definition) is 0. The van der Waals surface area contributed by atoms with Crippen LogP contribution in [0.3, 0.4) is 0 Å². The Kier molecular flexibility index (Phi) is 9.60. The van der Waals surface area contributed by atoms with Gasteiger partial charge >= 0.3 is 0 Å². The van der Waals surface area contributed by atoms with Gasteiger partial charge in [-0.2, -0.15) is 0 Å². The number of aliphatic imine (C=N–C) groups is 2. The Morgan fingerprint density at radius 3 is 1.30 bits per heavy atom. The van der Waals surface area contributed by atoms with Crippen molar-refractivity contribution in [2.45, 2.75) is 13.8 Å². The molecule has 0 saturated heterocycles. The summed E-state index contributed by atoms with van der Waals surface area (Å²) in [4.78, 5) is 9.01. The minimum Gasteiger partial charge on any atom is -0.497 e. The average molecular weight is 401 g/mol. The van der Waals surface area contributed by atoms with E-state index in [-0.39, 0.29) is 0 Å². The lowest BCUT2D eigenvalue weighted by Crippen LogP contribution is -1.86. The number of ether oxygens (including phenoxy) is 2. The molecule has 0 amide bonds. The summed E-state index contributed by atoms with van der Waals surface area (Å²) in [5.74, 6) is 1.63. The van der Waals surface area contributed by atoms with Gasteiger partial charge in [-0.3, -0.25) is 9.98 Å².